The van der Waals surface area contributed by atoms with E-state index >= 15 is 0 Å². The molecule has 4 rings (SSSR count). The van der Waals surface area contributed by atoms with E-state index in [9.17, 15) is 14.7 Å². The minimum absolute atomic E-state index is 0.0711. The van der Waals surface area contributed by atoms with Crippen LogP contribution in [0.3, 0.4) is 0 Å². The molecule has 6 heteroatoms. The molecule has 0 spiro atoms. The predicted octanol–water partition coefficient (Wildman–Crippen LogP) is 3.96. The Kier molecular flexibility index (Phi) is 5.48. The SMILES string of the molecule is CN(C(=O)OCC1c2ccccc2-c2ccccc21)[C@@H](Cc1ccncc1)C(=O)O. The first-order valence-electron chi connectivity index (χ1n) is 9.75. The second kappa shape index (κ2) is 8.37. The Bertz CT molecular complexity index is 1020. The highest BCUT2D eigenvalue weighted by atomic mass is 16.6. The quantitative estimate of drug-likeness (QED) is 0.675. The number of likely N-dealkylation sites (N-methyl/N-ethyl adjacent to an activating group) is 1. The van der Waals surface area contributed by atoms with E-state index in [1.165, 1.54) is 7.05 Å². The molecule has 0 radical (unpaired) electrons. The molecule has 0 saturated carbocycles. The monoisotopic (exact) mass is 402 g/mol. The molecule has 1 amide bonds. The molecule has 1 aliphatic carbocycles. The number of carbonyl (C=O) groups is 2. The van der Waals surface area contributed by atoms with Crippen LogP contribution >= 0.6 is 0 Å². The van der Waals surface area contributed by atoms with Crippen LogP contribution in [0.2, 0.25) is 0 Å². The summed E-state index contributed by atoms with van der Waals surface area (Å²) in [4.78, 5) is 29.5. The molecule has 30 heavy (non-hydrogen) atoms. The maximum Gasteiger partial charge on any atom is 0.410 e. The van der Waals surface area contributed by atoms with Crippen molar-refractivity contribution in [3.8, 4) is 11.1 Å². The van der Waals surface area contributed by atoms with Crippen LogP contribution in [0.1, 0.15) is 22.6 Å². The van der Waals surface area contributed by atoms with Gasteiger partial charge in [0.05, 0.1) is 0 Å². The number of aromatic nitrogens is 1. The Balaban J connectivity index is 1.48. The third kappa shape index (κ3) is 3.76. The van der Waals surface area contributed by atoms with Gasteiger partial charge in [-0.3, -0.25) is 9.88 Å². The first-order chi connectivity index (χ1) is 14.6. The van der Waals surface area contributed by atoms with E-state index < -0.39 is 18.1 Å². The summed E-state index contributed by atoms with van der Waals surface area (Å²) < 4.78 is 5.58. The van der Waals surface area contributed by atoms with Gasteiger partial charge in [-0.2, -0.15) is 0 Å². The first-order valence-corrected chi connectivity index (χ1v) is 9.75. The number of fused-ring (bicyclic) bond motifs is 3. The van der Waals surface area contributed by atoms with Gasteiger partial charge >= 0.3 is 12.1 Å². The number of carboxylic acid groups (broad SMARTS) is 1. The molecule has 0 bridgehead atoms. The number of ether oxygens (including phenoxy) is 1. The van der Waals surface area contributed by atoms with Crippen LogP contribution in [-0.4, -0.2) is 46.7 Å². The van der Waals surface area contributed by atoms with Gasteiger partial charge in [-0.15, -0.1) is 0 Å². The van der Waals surface area contributed by atoms with Crippen molar-refractivity contribution in [2.75, 3.05) is 13.7 Å². The van der Waals surface area contributed by atoms with Crippen LogP contribution in [0.25, 0.3) is 11.1 Å². The molecule has 152 valence electrons. The van der Waals surface area contributed by atoms with Crippen molar-refractivity contribution >= 4 is 12.1 Å². The van der Waals surface area contributed by atoms with E-state index in [1.54, 1.807) is 24.5 Å². The Morgan fingerprint density at radius 2 is 1.57 bits per heavy atom. The molecule has 0 unspecified atom stereocenters. The van der Waals surface area contributed by atoms with Gasteiger partial charge in [-0.25, -0.2) is 9.59 Å². The molecular formula is C24H22N2O4. The van der Waals surface area contributed by atoms with E-state index in [-0.39, 0.29) is 18.9 Å². The molecule has 2 aromatic carbocycles. The van der Waals surface area contributed by atoms with Gasteiger partial charge in [-0.05, 0) is 39.9 Å². The molecule has 1 heterocycles. The fourth-order valence-corrected chi connectivity index (χ4v) is 3.96. The van der Waals surface area contributed by atoms with Gasteiger partial charge in [0.15, 0.2) is 0 Å². The van der Waals surface area contributed by atoms with Gasteiger partial charge in [0.2, 0.25) is 0 Å². The number of pyridine rings is 1. The van der Waals surface area contributed by atoms with E-state index in [0.717, 1.165) is 32.7 Å². The van der Waals surface area contributed by atoms with Crippen molar-refractivity contribution in [2.24, 2.45) is 0 Å². The zero-order valence-corrected chi connectivity index (χ0v) is 16.6. The van der Waals surface area contributed by atoms with Gasteiger partial charge in [-0.1, -0.05) is 48.5 Å². The third-order valence-electron chi connectivity index (χ3n) is 5.56. The molecule has 0 saturated heterocycles. The van der Waals surface area contributed by atoms with E-state index in [1.807, 2.05) is 36.4 Å². The fraction of sp³-hybridized carbons (Fsp3) is 0.208. The lowest BCUT2D eigenvalue weighted by Gasteiger charge is -2.25. The molecular weight excluding hydrogens is 380 g/mol. The van der Waals surface area contributed by atoms with Gasteiger partial charge in [0.1, 0.15) is 12.6 Å². The number of carboxylic acids is 1. The smallest absolute Gasteiger partial charge is 0.410 e. The first kappa shape index (κ1) is 19.6. The highest BCUT2D eigenvalue weighted by Crippen LogP contribution is 2.44. The Morgan fingerprint density at radius 1 is 1.00 bits per heavy atom. The fourth-order valence-electron chi connectivity index (χ4n) is 3.96. The highest BCUT2D eigenvalue weighted by molar-refractivity contribution is 5.81. The zero-order chi connectivity index (χ0) is 21.1. The average molecular weight is 402 g/mol. The minimum Gasteiger partial charge on any atom is -0.480 e. The summed E-state index contributed by atoms with van der Waals surface area (Å²) >= 11 is 0. The topological polar surface area (TPSA) is 79.7 Å². The van der Waals surface area contributed by atoms with Gasteiger partial charge in [0.25, 0.3) is 0 Å². The molecule has 1 N–H and O–H groups in total. The number of hydrogen-bond acceptors (Lipinski definition) is 4. The van der Waals surface area contributed by atoms with Crippen molar-refractivity contribution in [2.45, 2.75) is 18.4 Å². The van der Waals surface area contributed by atoms with Gasteiger partial charge < -0.3 is 9.84 Å². The Labute approximate surface area is 174 Å². The normalized spacial score (nSPS) is 13.2. The van der Waals surface area contributed by atoms with Crippen molar-refractivity contribution < 1.29 is 19.4 Å². The van der Waals surface area contributed by atoms with Crippen molar-refractivity contribution in [3.05, 3.63) is 89.7 Å². The molecule has 0 fully saturated rings. The lowest BCUT2D eigenvalue weighted by Crippen LogP contribution is -2.44. The number of hydrogen-bond donors (Lipinski definition) is 1. The lowest BCUT2D eigenvalue weighted by atomic mass is 9.98. The molecule has 1 atom stereocenters. The summed E-state index contributed by atoms with van der Waals surface area (Å²) in [6, 6.07) is 18.6. The minimum atomic E-state index is -1.08. The molecule has 6 nitrogen and oxygen atoms in total. The van der Waals surface area contributed by atoms with Gasteiger partial charge in [0, 0.05) is 31.8 Å². The number of carbonyl (C=O) groups excluding carboxylic acids is 1. The largest absolute Gasteiger partial charge is 0.480 e. The summed E-state index contributed by atoms with van der Waals surface area (Å²) in [5.74, 6) is -1.15. The van der Waals surface area contributed by atoms with E-state index in [2.05, 4.69) is 17.1 Å². The summed E-state index contributed by atoms with van der Waals surface area (Å²) in [7, 11) is 1.46. The number of rotatable bonds is 6. The number of benzene rings is 2. The molecule has 3 aromatic rings. The van der Waals surface area contributed by atoms with Crippen LogP contribution in [0.4, 0.5) is 4.79 Å². The second-order valence-corrected chi connectivity index (χ2v) is 7.33. The number of amides is 1. The summed E-state index contributed by atoms with van der Waals surface area (Å²) in [5, 5.41) is 9.63. The van der Waals surface area contributed by atoms with Crippen LogP contribution in [0.15, 0.2) is 73.1 Å². The zero-order valence-electron chi connectivity index (χ0n) is 16.6. The van der Waals surface area contributed by atoms with Crippen LogP contribution in [-0.2, 0) is 16.0 Å². The predicted molar refractivity (Wildman–Crippen MR) is 112 cm³/mol. The maximum atomic E-state index is 12.7. The Morgan fingerprint density at radius 3 is 2.13 bits per heavy atom. The Hall–Kier alpha value is -3.67. The molecule has 1 aromatic heterocycles. The number of aliphatic carboxylic acids is 1. The van der Waals surface area contributed by atoms with Crippen LogP contribution in [0, 0.1) is 0 Å². The summed E-state index contributed by atoms with van der Waals surface area (Å²) in [5.41, 5.74) is 5.30. The average Bonchev–Trinajstić information content (AvgIpc) is 3.09. The number of nitrogens with zero attached hydrogens (tertiary/aromatic N) is 2. The highest BCUT2D eigenvalue weighted by Gasteiger charge is 2.32. The third-order valence-corrected chi connectivity index (χ3v) is 5.56. The summed E-state index contributed by atoms with van der Waals surface area (Å²) in [6.07, 6.45) is 2.72. The van der Waals surface area contributed by atoms with Crippen molar-refractivity contribution in [1.29, 1.82) is 0 Å². The van der Waals surface area contributed by atoms with Crippen molar-refractivity contribution in [3.63, 3.8) is 0 Å². The molecule has 0 aliphatic heterocycles. The van der Waals surface area contributed by atoms with E-state index in [4.69, 9.17) is 4.74 Å². The van der Waals surface area contributed by atoms with Crippen molar-refractivity contribution in [1.82, 2.24) is 9.88 Å². The maximum absolute atomic E-state index is 12.7. The van der Waals surface area contributed by atoms with E-state index in [0.29, 0.717) is 0 Å². The lowest BCUT2D eigenvalue weighted by molar-refractivity contribution is -0.142. The summed E-state index contributed by atoms with van der Waals surface area (Å²) in [6.45, 7) is 0.152. The standard InChI is InChI=1S/C24H22N2O4/c1-26(22(23(27)28)14-16-10-12-25-13-11-16)24(29)30-15-21-19-8-4-2-6-17(19)18-7-3-5-9-20(18)21/h2-13,21-22H,14-15H2,1H3,(H,27,28)/t22-/m0/s1. The molecule has 1 aliphatic rings. The second-order valence-electron chi connectivity index (χ2n) is 7.33. The van der Waals surface area contributed by atoms with Crippen LogP contribution < -0.4 is 0 Å². The van der Waals surface area contributed by atoms with Crippen LogP contribution in [0.5, 0.6) is 0 Å².